The fourth-order valence-corrected chi connectivity index (χ4v) is 3.12. The number of carbonyl (C=O) groups excluding carboxylic acids is 1. The highest BCUT2D eigenvalue weighted by Crippen LogP contribution is 2.28. The van der Waals surface area contributed by atoms with Gasteiger partial charge in [-0.1, -0.05) is 46.0 Å². The summed E-state index contributed by atoms with van der Waals surface area (Å²) in [5.74, 6) is 0.171. The Morgan fingerprint density at radius 1 is 1.26 bits per heavy atom. The maximum absolute atomic E-state index is 11.4. The average molecular weight is 270 g/mol. The Hall–Kier alpha value is -0.610. The van der Waals surface area contributed by atoms with Crippen molar-refractivity contribution < 1.29 is 9.90 Å². The molecule has 0 heterocycles. The van der Waals surface area contributed by atoms with Crippen molar-refractivity contribution in [1.82, 2.24) is 0 Å². The fraction of sp³-hybridized carbons (Fsp3) is 0.933. The van der Waals surface area contributed by atoms with Gasteiger partial charge in [0.2, 0.25) is 5.91 Å². The van der Waals surface area contributed by atoms with Gasteiger partial charge in [0.1, 0.15) is 0 Å². The number of hydrogen-bond acceptors (Lipinski definition) is 3. The largest absolute Gasteiger partial charge is 0.391 e. The molecule has 1 rings (SSSR count). The van der Waals surface area contributed by atoms with E-state index in [1.165, 1.54) is 32.1 Å². The summed E-state index contributed by atoms with van der Waals surface area (Å²) in [6, 6.07) is -0.233. The molecule has 1 aliphatic carbocycles. The van der Waals surface area contributed by atoms with Gasteiger partial charge in [0.15, 0.2) is 0 Å². The molecule has 0 saturated heterocycles. The second-order valence-corrected chi connectivity index (χ2v) is 6.46. The van der Waals surface area contributed by atoms with E-state index in [1.54, 1.807) is 0 Å². The van der Waals surface area contributed by atoms with Gasteiger partial charge in [-0.15, -0.1) is 0 Å². The Morgan fingerprint density at radius 3 is 2.32 bits per heavy atom. The summed E-state index contributed by atoms with van der Waals surface area (Å²) in [6.45, 7) is 3.91. The lowest BCUT2D eigenvalue weighted by Gasteiger charge is -2.29. The number of carbonyl (C=O) groups is 1. The van der Waals surface area contributed by atoms with Crippen molar-refractivity contribution in [3.05, 3.63) is 0 Å². The summed E-state index contributed by atoms with van der Waals surface area (Å²) in [6.07, 6.45) is 6.97. The molecular weight excluding hydrogens is 240 g/mol. The molecule has 0 aromatic carbocycles. The van der Waals surface area contributed by atoms with E-state index >= 15 is 0 Å². The third-order valence-electron chi connectivity index (χ3n) is 4.49. The zero-order chi connectivity index (χ0) is 14.4. The normalized spacial score (nSPS) is 22.2. The molecule has 19 heavy (non-hydrogen) atoms. The van der Waals surface area contributed by atoms with Gasteiger partial charge in [-0.05, 0) is 24.7 Å². The molecule has 5 N–H and O–H groups in total. The molecule has 4 nitrogen and oxygen atoms in total. The predicted molar refractivity (Wildman–Crippen MR) is 77.3 cm³/mol. The molecule has 0 spiro atoms. The standard InChI is InChI=1S/C15H30N2O2/c1-10(2)12(15(17)19)9-14(18)13(16)8-11-6-4-3-5-7-11/h10-14,18H,3-9,16H2,1-2H3,(H2,17,19). The molecule has 3 atom stereocenters. The van der Waals surface area contributed by atoms with Crippen molar-refractivity contribution >= 4 is 5.91 Å². The van der Waals surface area contributed by atoms with Crippen LogP contribution in [0.1, 0.15) is 58.8 Å². The van der Waals surface area contributed by atoms with Crippen molar-refractivity contribution in [2.24, 2.45) is 29.2 Å². The Labute approximate surface area is 116 Å². The maximum Gasteiger partial charge on any atom is 0.220 e. The quantitative estimate of drug-likeness (QED) is 0.659. The Morgan fingerprint density at radius 2 is 1.84 bits per heavy atom. The minimum atomic E-state index is -0.623. The number of primary amides is 1. The summed E-state index contributed by atoms with van der Waals surface area (Å²) in [4.78, 5) is 11.4. The van der Waals surface area contributed by atoms with E-state index < -0.39 is 6.10 Å². The first-order chi connectivity index (χ1) is 8.91. The molecule has 1 amide bonds. The van der Waals surface area contributed by atoms with Crippen LogP contribution in [0.15, 0.2) is 0 Å². The summed E-state index contributed by atoms with van der Waals surface area (Å²) in [5.41, 5.74) is 11.5. The van der Waals surface area contributed by atoms with Gasteiger partial charge in [0, 0.05) is 12.0 Å². The molecule has 112 valence electrons. The maximum atomic E-state index is 11.4. The number of aliphatic hydroxyl groups excluding tert-OH is 1. The van der Waals surface area contributed by atoms with Gasteiger partial charge < -0.3 is 16.6 Å². The van der Waals surface area contributed by atoms with Crippen LogP contribution in [0.4, 0.5) is 0 Å². The molecule has 0 aromatic rings. The topological polar surface area (TPSA) is 89.3 Å². The highest BCUT2D eigenvalue weighted by molar-refractivity contribution is 5.76. The molecular formula is C15H30N2O2. The molecule has 1 fully saturated rings. The van der Waals surface area contributed by atoms with E-state index in [2.05, 4.69) is 0 Å². The van der Waals surface area contributed by atoms with Crippen molar-refractivity contribution in [2.75, 3.05) is 0 Å². The lowest BCUT2D eigenvalue weighted by atomic mass is 9.81. The van der Waals surface area contributed by atoms with Gasteiger partial charge in [-0.25, -0.2) is 0 Å². The highest BCUT2D eigenvalue weighted by atomic mass is 16.3. The Bertz CT molecular complexity index is 275. The lowest BCUT2D eigenvalue weighted by molar-refractivity contribution is -0.124. The first kappa shape index (κ1) is 16.4. The van der Waals surface area contributed by atoms with E-state index in [1.807, 2.05) is 13.8 Å². The van der Waals surface area contributed by atoms with E-state index in [0.717, 1.165) is 6.42 Å². The first-order valence-corrected chi connectivity index (χ1v) is 7.64. The van der Waals surface area contributed by atoms with Crippen molar-refractivity contribution in [3.8, 4) is 0 Å². The monoisotopic (exact) mass is 270 g/mol. The zero-order valence-corrected chi connectivity index (χ0v) is 12.3. The smallest absolute Gasteiger partial charge is 0.220 e. The number of amides is 1. The molecule has 1 saturated carbocycles. The summed E-state index contributed by atoms with van der Waals surface area (Å²) in [5, 5.41) is 10.2. The van der Waals surface area contributed by atoms with Crippen LogP contribution in [-0.4, -0.2) is 23.2 Å². The van der Waals surface area contributed by atoms with Crippen molar-refractivity contribution in [2.45, 2.75) is 70.9 Å². The second-order valence-electron chi connectivity index (χ2n) is 6.46. The second kappa shape index (κ2) is 7.85. The summed E-state index contributed by atoms with van der Waals surface area (Å²) in [7, 11) is 0. The lowest BCUT2D eigenvalue weighted by Crippen LogP contribution is -2.41. The van der Waals surface area contributed by atoms with Crippen LogP contribution >= 0.6 is 0 Å². The van der Waals surface area contributed by atoms with Crippen LogP contribution in [0.5, 0.6) is 0 Å². The van der Waals surface area contributed by atoms with Crippen LogP contribution in [0.25, 0.3) is 0 Å². The number of hydrogen-bond donors (Lipinski definition) is 3. The van der Waals surface area contributed by atoms with E-state index in [9.17, 15) is 9.90 Å². The van der Waals surface area contributed by atoms with E-state index in [0.29, 0.717) is 12.3 Å². The third-order valence-corrected chi connectivity index (χ3v) is 4.49. The van der Waals surface area contributed by atoms with Crippen LogP contribution in [0, 0.1) is 17.8 Å². The zero-order valence-electron chi connectivity index (χ0n) is 12.3. The fourth-order valence-electron chi connectivity index (χ4n) is 3.12. The Kier molecular flexibility index (Phi) is 6.80. The third kappa shape index (κ3) is 5.49. The minimum Gasteiger partial charge on any atom is -0.391 e. The van der Waals surface area contributed by atoms with Gasteiger partial charge in [0.25, 0.3) is 0 Å². The molecule has 0 bridgehead atoms. The van der Waals surface area contributed by atoms with Crippen LogP contribution < -0.4 is 11.5 Å². The van der Waals surface area contributed by atoms with Crippen LogP contribution in [0.3, 0.4) is 0 Å². The number of aliphatic hydroxyl groups is 1. The highest BCUT2D eigenvalue weighted by Gasteiger charge is 2.27. The van der Waals surface area contributed by atoms with Gasteiger partial charge in [-0.2, -0.15) is 0 Å². The first-order valence-electron chi connectivity index (χ1n) is 7.64. The SMILES string of the molecule is CC(C)C(CC(O)C(N)CC1CCCCC1)C(N)=O. The summed E-state index contributed by atoms with van der Waals surface area (Å²) >= 11 is 0. The molecule has 0 aromatic heterocycles. The van der Waals surface area contributed by atoms with E-state index in [4.69, 9.17) is 11.5 Å². The Balaban J connectivity index is 2.41. The minimum absolute atomic E-state index is 0.147. The summed E-state index contributed by atoms with van der Waals surface area (Å²) < 4.78 is 0. The average Bonchev–Trinajstić information content (AvgIpc) is 2.35. The van der Waals surface area contributed by atoms with Gasteiger partial charge in [0.05, 0.1) is 6.10 Å². The van der Waals surface area contributed by atoms with Crippen molar-refractivity contribution in [1.29, 1.82) is 0 Å². The molecule has 3 unspecified atom stereocenters. The molecule has 1 aliphatic rings. The van der Waals surface area contributed by atoms with Crippen molar-refractivity contribution in [3.63, 3.8) is 0 Å². The van der Waals surface area contributed by atoms with Crippen LogP contribution in [-0.2, 0) is 4.79 Å². The number of rotatable bonds is 7. The number of nitrogens with two attached hydrogens (primary N) is 2. The van der Waals surface area contributed by atoms with Gasteiger partial charge >= 0.3 is 0 Å². The predicted octanol–water partition coefficient (Wildman–Crippen LogP) is 1.79. The van der Waals surface area contributed by atoms with Crippen LogP contribution in [0.2, 0.25) is 0 Å². The van der Waals surface area contributed by atoms with E-state index in [-0.39, 0.29) is 23.8 Å². The molecule has 0 radical (unpaired) electrons. The van der Waals surface area contributed by atoms with Gasteiger partial charge in [-0.3, -0.25) is 4.79 Å². The molecule has 4 heteroatoms. The molecule has 0 aliphatic heterocycles.